The van der Waals surface area contributed by atoms with Crippen LogP contribution < -0.4 is 0 Å². The molecule has 0 bridgehead atoms. The van der Waals surface area contributed by atoms with E-state index in [9.17, 15) is 0 Å². The number of hydrogen-bond donors (Lipinski definition) is 0. The zero-order chi connectivity index (χ0) is 2.00. The Balaban J connectivity index is -0.00000000500. The molecule has 28 valence electrons. The Morgan fingerprint density at radius 1 is 1.25 bits per heavy atom. The van der Waals surface area contributed by atoms with Crippen molar-refractivity contribution in [3.8, 4) is 0 Å². The normalized spacial score (nSPS) is 1.50. The summed E-state index contributed by atoms with van der Waals surface area (Å²) in [4.78, 5) is 0. The van der Waals surface area contributed by atoms with E-state index in [-0.39, 0.29) is 85.0 Å². The van der Waals surface area contributed by atoms with E-state index in [1.807, 2.05) is 0 Å². The summed E-state index contributed by atoms with van der Waals surface area (Å²) in [7, 11) is 0. The largest absolute Gasteiger partial charge is 0 e. The first-order chi connectivity index (χ1) is 1.00. The molecule has 0 rings (SSSR count). The quantitative estimate of drug-likeness (QED) is 0.505. The fourth-order valence-corrected chi connectivity index (χ4v) is 0. The molecule has 0 fully saturated rings. The average molecular weight is 327 g/mol. The smallest absolute Gasteiger partial charge is 0 e. The van der Waals surface area contributed by atoms with Crippen LogP contribution in [0.1, 0.15) is 0 Å². The molecular formula is H3GaOYbZn. The van der Waals surface area contributed by atoms with Gasteiger partial charge in [0.05, 0.1) is 0 Å². The van der Waals surface area contributed by atoms with Gasteiger partial charge in [0.2, 0.25) is 0 Å². The van der Waals surface area contributed by atoms with Crippen molar-refractivity contribution in [3.63, 3.8) is 0 Å². The SMILES string of the molecule is [GaH3].[O]=[Zn].[Yb]. The van der Waals surface area contributed by atoms with Crippen molar-refractivity contribution in [2.75, 3.05) is 0 Å². The standard InChI is InChI=1S/Ga.O.Yb.Zn.3H. The van der Waals surface area contributed by atoms with Crippen molar-refractivity contribution in [1.29, 1.82) is 0 Å². The van der Waals surface area contributed by atoms with E-state index in [1.54, 1.807) is 0 Å². The minimum absolute atomic E-state index is 0. The van der Waals surface area contributed by atoms with Crippen molar-refractivity contribution in [1.82, 2.24) is 0 Å². The van der Waals surface area contributed by atoms with E-state index in [2.05, 4.69) is 0 Å². The zero-order valence-corrected chi connectivity index (χ0v) is 6.06. The van der Waals surface area contributed by atoms with Gasteiger partial charge < -0.3 is 0 Å². The van der Waals surface area contributed by atoms with E-state index in [4.69, 9.17) is 3.57 Å². The molecule has 0 aromatic heterocycles. The first-order valence-corrected chi connectivity index (χ1v) is 1.50. The second-order valence-corrected chi connectivity index (χ2v) is 0. The number of hydrogen-bond acceptors (Lipinski definition) is 1. The summed E-state index contributed by atoms with van der Waals surface area (Å²) in [5.74, 6) is 0. The van der Waals surface area contributed by atoms with Gasteiger partial charge in [0, 0.05) is 46.9 Å². The van der Waals surface area contributed by atoms with E-state index in [1.165, 1.54) is 0 Å². The molecule has 0 aliphatic rings. The van der Waals surface area contributed by atoms with Gasteiger partial charge in [0.25, 0.3) is 0 Å². The minimum Gasteiger partial charge on any atom is 0 e. The molecule has 0 aliphatic heterocycles. The van der Waals surface area contributed by atoms with Gasteiger partial charge in [0.1, 0.15) is 0 Å². The Bertz CT molecular complexity index is 8.00. The second kappa shape index (κ2) is 17.6. The summed E-state index contributed by atoms with van der Waals surface area (Å²) in [6.45, 7) is 0. The summed E-state index contributed by atoms with van der Waals surface area (Å²) in [5, 5.41) is 0. The van der Waals surface area contributed by atoms with Gasteiger partial charge in [-0.25, -0.2) is 0 Å². The van der Waals surface area contributed by atoms with E-state index in [0.717, 1.165) is 0 Å². The van der Waals surface area contributed by atoms with Crippen LogP contribution in [0, 0.1) is 46.9 Å². The Morgan fingerprint density at radius 2 is 1.25 bits per heavy atom. The van der Waals surface area contributed by atoms with Crippen LogP contribution in [0.5, 0.6) is 0 Å². The molecule has 4 heteroatoms. The zero-order valence-electron chi connectivity index (χ0n) is 1.38. The van der Waals surface area contributed by atoms with E-state index >= 15 is 0 Å². The second-order valence-electron chi connectivity index (χ2n) is 0. The summed E-state index contributed by atoms with van der Waals surface area (Å²) in [5.41, 5.74) is 0. The topological polar surface area (TPSA) is 17.1 Å². The average Bonchev–Trinajstić information content (AvgIpc) is 1.00. The molecule has 0 saturated heterocycles. The molecule has 1 nitrogen and oxygen atoms in total. The third kappa shape index (κ3) is 8.82. The molecule has 0 amide bonds. The van der Waals surface area contributed by atoms with Crippen LogP contribution in [0.15, 0.2) is 0 Å². The van der Waals surface area contributed by atoms with E-state index < -0.39 is 0 Å². The van der Waals surface area contributed by atoms with Crippen molar-refractivity contribution in [2.24, 2.45) is 0 Å². The predicted molar refractivity (Wildman–Crippen MR) is 10.6 cm³/mol. The van der Waals surface area contributed by atoms with Crippen LogP contribution in [-0.2, 0) is 21.8 Å². The molecule has 0 unspecified atom stereocenters. The van der Waals surface area contributed by atoms with Gasteiger partial charge in [0.15, 0.2) is 0 Å². The Kier molecular flexibility index (Phi) is 70.3. The van der Waals surface area contributed by atoms with Crippen LogP contribution in [0.4, 0.5) is 0 Å². The molecule has 0 aromatic carbocycles. The van der Waals surface area contributed by atoms with Crippen molar-refractivity contribution >= 4 is 19.8 Å². The fourth-order valence-electron chi connectivity index (χ4n) is 0. The summed E-state index contributed by atoms with van der Waals surface area (Å²) in [6.07, 6.45) is 0. The molecule has 0 aromatic rings. The van der Waals surface area contributed by atoms with Gasteiger partial charge >= 0.3 is 41.6 Å². The molecule has 0 spiro atoms. The van der Waals surface area contributed by atoms with Crippen LogP contribution in [0.2, 0.25) is 0 Å². The van der Waals surface area contributed by atoms with Crippen LogP contribution >= 0.6 is 0 Å². The van der Waals surface area contributed by atoms with Gasteiger partial charge in [-0.15, -0.1) is 0 Å². The molecule has 0 saturated carbocycles. The van der Waals surface area contributed by atoms with Crippen molar-refractivity contribution in [3.05, 3.63) is 0 Å². The summed E-state index contributed by atoms with van der Waals surface area (Å²) in [6, 6.07) is 0. The Morgan fingerprint density at radius 3 is 1.25 bits per heavy atom. The first kappa shape index (κ1) is 16.0. The monoisotopic (exact) mass is 326 g/mol. The van der Waals surface area contributed by atoms with Gasteiger partial charge in [-0.05, 0) is 0 Å². The maximum Gasteiger partial charge on any atom is 0 e. The first-order valence-electron chi connectivity index (χ1n) is 0.289. The third-order valence-electron chi connectivity index (χ3n) is 0. The molecule has 0 aliphatic carbocycles. The number of rotatable bonds is 0. The van der Waals surface area contributed by atoms with Gasteiger partial charge in [-0.1, -0.05) is 0 Å². The van der Waals surface area contributed by atoms with Crippen molar-refractivity contribution in [2.45, 2.75) is 0 Å². The van der Waals surface area contributed by atoms with Gasteiger partial charge in [-0.2, -0.15) is 0 Å². The Labute approximate surface area is 86.5 Å². The molecular weight excluding hydrogens is 324 g/mol. The predicted octanol–water partition coefficient (Wildman–Crippen LogP) is -1.31. The van der Waals surface area contributed by atoms with Crippen LogP contribution in [-0.4, -0.2) is 19.8 Å². The van der Waals surface area contributed by atoms with Crippen LogP contribution in [0.25, 0.3) is 0 Å². The van der Waals surface area contributed by atoms with Crippen LogP contribution in [0.3, 0.4) is 0 Å². The maximum atomic E-state index is 8.38. The molecule has 0 atom stereocenters. The third-order valence-corrected chi connectivity index (χ3v) is 0. The molecule has 0 radical (unpaired) electrons. The van der Waals surface area contributed by atoms with E-state index in [0.29, 0.717) is 0 Å². The van der Waals surface area contributed by atoms with Gasteiger partial charge in [-0.3, -0.25) is 0 Å². The maximum absolute atomic E-state index is 8.38. The fraction of sp³-hybridized carbons (Fsp3) is 0. The summed E-state index contributed by atoms with van der Waals surface area (Å²) < 4.78 is 8.38. The summed E-state index contributed by atoms with van der Waals surface area (Å²) >= 11 is 0.125. The molecule has 0 heterocycles. The Hall–Kier alpha value is 2.58. The minimum atomic E-state index is 0. The molecule has 0 N–H and O–H groups in total. The van der Waals surface area contributed by atoms with Crippen molar-refractivity contribution < 1.29 is 68.8 Å². The molecule has 4 heavy (non-hydrogen) atoms.